The van der Waals surface area contributed by atoms with E-state index in [1.807, 2.05) is 0 Å². The highest BCUT2D eigenvalue weighted by molar-refractivity contribution is 5.68. The predicted molar refractivity (Wildman–Crippen MR) is 94.7 cm³/mol. The van der Waals surface area contributed by atoms with Gasteiger partial charge in [0.15, 0.2) is 5.69 Å². The van der Waals surface area contributed by atoms with E-state index in [9.17, 15) is 31.4 Å². The number of nitrogens with two attached hydrogens (primary N) is 1. The standard InChI is InChI=1S/C18H20F6N4O3/c1-2-9-6-4-3-5-7-16(29,18(22,23)24)15-28-27-14(31-15)12-11(25)8-10(17(19,20)21)13(26-12)30-9/h8-9,29H,2-7,25H2,1H3. The molecule has 0 spiro atoms. The number of hydrogen-bond donors (Lipinski definition) is 2. The fourth-order valence-electron chi connectivity index (χ4n) is 3.27. The molecule has 3 N–H and O–H groups in total. The third kappa shape index (κ3) is 4.55. The summed E-state index contributed by atoms with van der Waals surface area (Å²) in [5.74, 6) is -2.59. The van der Waals surface area contributed by atoms with Gasteiger partial charge in [0, 0.05) is 0 Å². The van der Waals surface area contributed by atoms with Crippen LogP contribution in [0.3, 0.4) is 0 Å². The van der Waals surface area contributed by atoms with Crippen LogP contribution in [0, 0.1) is 0 Å². The van der Waals surface area contributed by atoms with Crippen molar-refractivity contribution in [3.05, 3.63) is 17.5 Å². The molecule has 7 nitrogen and oxygen atoms in total. The Balaban J connectivity index is 2.18. The number of halogens is 6. The van der Waals surface area contributed by atoms with Crippen molar-refractivity contribution < 1.29 is 40.6 Å². The van der Waals surface area contributed by atoms with Crippen molar-refractivity contribution in [3.63, 3.8) is 0 Å². The lowest BCUT2D eigenvalue weighted by Crippen LogP contribution is -2.42. The molecule has 1 aliphatic rings. The summed E-state index contributed by atoms with van der Waals surface area (Å²) < 4.78 is 91.8. The van der Waals surface area contributed by atoms with Gasteiger partial charge >= 0.3 is 12.4 Å². The van der Waals surface area contributed by atoms with Gasteiger partial charge in [0.2, 0.25) is 11.5 Å². The first kappa shape index (κ1) is 23.1. The summed E-state index contributed by atoms with van der Waals surface area (Å²) in [7, 11) is 0. The summed E-state index contributed by atoms with van der Waals surface area (Å²) in [5.41, 5.74) is -0.00702. The van der Waals surface area contributed by atoms with Gasteiger partial charge in [-0.25, -0.2) is 4.98 Å². The molecule has 0 aliphatic carbocycles. The topological polar surface area (TPSA) is 107 Å². The average molecular weight is 454 g/mol. The smallest absolute Gasteiger partial charge is 0.426 e. The second-order valence-electron chi connectivity index (χ2n) is 7.29. The van der Waals surface area contributed by atoms with Crippen LogP contribution in [-0.4, -0.2) is 32.6 Å². The highest BCUT2D eigenvalue weighted by atomic mass is 19.4. The van der Waals surface area contributed by atoms with E-state index in [0.29, 0.717) is 18.9 Å². The van der Waals surface area contributed by atoms with Crippen molar-refractivity contribution >= 4 is 5.69 Å². The van der Waals surface area contributed by atoms with Crippen LogP contribution in [0.5, 0.6) is 5.88 Å². The second-order valence-corrected chi connectivity index (χ2v) is 7.29. The Hall–Kier alpha value is -2.57. The summed E-state index contributed by atoms with van der Waals surface area (Å²) in [5, 5.41) is 17.0. The summed E-state index contributed by atoms with van der Waals surface area (Å²) >= 11 is 0. The van der Waals surface area contributed by atoms with Crippen molar-refractivity contribution in [3.8, 4) is 17.5 Å². The first-order valence-electron chi connectivity index (χ1n) is 9.54. The first-order chi connectivity index (χ1) is 14.4. The van der Waals surface area contributed by atoms with E-state index >= 15 is 0 Å². The zero-order chi connectivity index (χ0) is 23.0. The minimum absolute atomic E-state index is 0.0381. The van der Waals surface area contributed by atoms with Gasteiger partial charge in [0.05, 0.1) is 5.69 Å². The minimum atomic E-state index is -5.12. The maximum atomic E-state index is 13.6. The molecule has 2 unspecified atom stereocenters. The maximum absolute atomic E-state index is 13.6. The molecule has 0 fully saturated rings. The number of ether oxygens (including phenoxy) is 1. The quantitative estimate of drug-likeness (QED) is 0.606. The molecule has 0 aromatic carbocycles. The van der Waals surface area contributed by atoms with Crippen molar-refractivity contribution in [2.75, 3.05) is 5.73 Å². The van der Waals surface area contributed by atoms with E-state index in [-0.39, 0.29) is 19.3 Å². The Bertz CT molecular complexity index is 930. The Morgan fingerprint density at radius 2 is 1.87 bits per heavy atom. The number of fused-ring (bicyclic) bond motifs is 5. The van der Waals surface area contributed by atoms with Gasteiger partial charge in [0.1, 0.15) is 11.7 Å². The first-order valence-corrected chi connectivity index (χ1v) is 9.54. The Labute approximate surface area is 172 Å². The Morgan fingerprint density at radius 3 is 2.48 bits per heavy atom. The monoisotopic (exact) mass is 454 g/mol. The van der Waals surface area contributed by atoms with E-state index in [1.54, 1.807) is 6.92 Å². The number of pyridine rings is 1. The van der Waals surface area contributed by atoms with Crippen LogP contribution in [0.15, 0.2) is 10.5 Å². The van der Waals surface area contributed by atoms with Crippen LogP contribution in [0.4, 0.5) is 32.0 Å². The zero-order valence-electron chi connectivity index (χ0n) is 16.3. The molecule has 172 valence electrons. The van der Waals surface area contributed by atoms with Crippen LogP contribution in [-0.2, 0) is 11.8 Å². The van der Waals surface area contributed by atoms with Crippen molar-refractivity contribution in [2.24, 2.45) is 0 Å². The van der Waals surface area contributed by atoms with Crippen molar-refractivity contribution in [2.45, 2.75) is 69.5 Å². The second kappa shape index (κ2) is 8.17. The molecule has 2 aromatic rings. The molecule has 2 atom stereocenters. The molecule has 3 heterocycles. The predicted octanol–water partition coefficient (Wildman–Crippen LogP) is 4.60. The fourth-order valence-corrected chi connectivity index (χ4v) is 3.27. The fraction of sp³-hybridized carbons (Fsp3) is 0.611. The largest absolute Gasteiger partial charge is 0.474 e. The summed E-state index contributed by atoms with van der Waals surface area (Å²) in [6.07, 6.45) is -10.1. The van der Waals surface area contributed by atoms with Gasteiger partial charge in [-0.15, -0.1) is 10.2 Å². The number of alkyl halides is 6. The number of aliphatic hydroxyl groups is 1. The number of anilines is 1. The van der Waals surface area contributed by atoms with Crippen LogP contribution in [0.2, 0.25) is 0 Å². The highest BCUT2D eigenvalue weighted by Crippen LogP contribution is 2.44. The molecule has 3 rings (SSSR count). The molecule has 0 amide bonds. The van der Waals surface area contributed by atoms with E-state index < -0.39 is 65.1 Å². The van der Waals surface area contributed by atoms with Gasteiger partial charge in [-0.2, -0.15) is 26.3 Å². The molecule has 31 heavy (non-hydrogen) atoms. The number of nitrogens with zero attached hydrogens (tertiary/aromatic N) is 3. The maximum Gasteiger partial charge on any atom is 0.426 e. The number of aromatic nitrogens is 3. The summed E-state index contributed by atoms with van der Waals surface area (Å²) in [6.45, 7) is 1.70. The lowest BCUT2D eigenvalue weighted by Gasteiger charge is -2.27. The van der Waals surface area contributed by atoms with Gasteiger partial charge in [0.25, 0.3) is 11.8 Å². The average Bonchev–Trinajstić information content (AvgIpc) is 3.15. The third-order valence-corrected chi connectivity index (χ3v) is 5.07. The summed E-state index contributed by atoms with van der Waals surface area (Å²) in [4.78, 5) is 3.75. The van der Waals surface area contributed by atoms with E-state index in [2.05, 4.69) is 15.2 Å². The van der Waals surface area contributed by atoms with Crippen LogP contribution in [0.25, 0.3) is 11.6 Å². The third-order valence-electron chi connectivity index (χ3n) is 5.07. The van der Waals surface area contributed by atoms with Crippen molar-refractivity contribution in [1.82, 2.24) is 15.2 Å². The molecular formula is C18H20F6N4O3. The lowest BCUT2D eigenvalue weighted by molar-refractivity contribution is -0.277. The molecule has 1 aliphatic heterocycles. The molecule has 4 bridgehead atoms. The molecule has 2 aromatic heterocycles. The van der Waals surface area contributed by atoms with Gasteiger partial charge in [-0.3, -0.25) is 0 Å². The van der Waals surface area contributed by atoms with Gasteiger partial charge in [-0.1, -0.05) is 13.3 Å². The Kier molecular flexibility index (Phi) is 6.09. The van der Waals surface area contributed by atoms with Crippen LogP contribution in [0.1, 0.15) is 56.9 Å². The van der Waals surface area contributed by atoms with Crippen LogP contribution < -0.4 is 10.5 Å². The number of nitrogen functional groups attached to an aromatic ring is 1. The molecule has 13 heteroatoms. The van der Waals surface area contributed by atoms with E-state index in [4.69, 9.17) is 14.9 Å². The number of rotatable bonds is 1. The number of hydrogen-bond acceptors (Lipinski definition) is 7. The van der Waals surface area contributed by atoms with Crippen molar-refractivity contribution in [1.29, 1.82) is 0 Å². The lowest BCUT2D eigenvalue weighted by atomic mass is 9.94. The molecular weight excluding hydrogens is 434 g/mol. The zero-order valence-corrected chi connectivity index (χ0v) is 16.3. The molecule has 0 saturated heterocycles. The normalized spacial score (nSPS) is 23.2. The SMILES string of the molecule is CCC1CCCCCC(O)(C(F)(F)F)c2nnc(o2)-c2nc(c(C(F)(F)F)cc2N)O1. The van der Waals surface area contributed by atoms with Gasteiger partial charge < -0.3 is 20.0 Å². The summed E-state index contributed by atoms with van der Waals surface area (Å²) in [6, 6.07) is 0.552. The molecule has 0 saturated carbocycles. The Morgan fingerprint density at radius 1 is 1.16 bits per heavy atom. The highest BCUT2D eigenvalue weighted by Gasteiger charge is 2.58. The molecule has 0 radical (unpaired) electrons. The van der Waals surface area contributed by atoms with E-state index in [0.717, 1.165) is 0 Å². The van der Waals surface area contributed by atoms with Gasteiger partial charge in [-0.05, 0) is 38.2 Å². The van der Waals surface area contributed by atoms with Crippen LogP contribution >= 0.6 is 0 Å². The van der Waals surface area contributed by atoms with E-state index in [1.165, 1.54) is 0 Å². The minimum Gasteiger partial charge on any atom is -0.474 e.